The predicted molar refractivity (Wildman–Crippen MR) is 60.4 cm³/mol. The minimum atomic E-state index is -0.447. The van der Waals surface area contributed by atoms with Gasteiger partial charge in [0.05, 0.1) is 6.10 Å². The van der Waals surface area contributed by atoms with Crippen molar-refractivity contribution in [1.29, 1.82) is 0 Å². The molecule has 0 fully saturated rings. The molecule has 0 aliphatic rings. The number of carbonyl (C=O) groups excluding carboxylic acids is 1. The number of hydrogen-bond acceptors (Lipinski definition) is 2. The number of benzene rings is 1. The second-order valence-corrected chi connectivity index (χ2v) is 3.47. The smallest absolute Gasteiger partial charge is 0.241 e. The minimum Gasteiger partial charge on any atom is -0.491 e. The molecule has 80 valence electrons. The van der Waals surface area contributed by atoms with Crippen molar-refractivity contribution in [1.82, 2.24) is 0 Å². The first-order chi connectivity index (χ1) is 7.08. The van der Waals surface area contributed by atoms with Gasteiger partial charge in [-0.3, -0.25) is 4.79 Å². The topological polar surface area (TPSA) is 52.3 Å². The van der Waals surface area contributed by atoms with Crippen molar-refractivity contribution in [2.45, 2.75) is 20.0 Å². The van der Waals surface area contributed by atoms with E-state index in [1.54, 1.807) is 6.08 Å². The molecular weight excluding hydrogens is 190 g/mol. The highest BCUT2D eigenvalue weighted by Gasteiger charge is 1.96. The molecule has 1 rings (SSSR count). The van der Waals surface area contributed by atoms with Crippen LogP contribution in [0.2, 0.25) is 0 Å². The van der Waals surface area contributed by atoms with Gasteiger partial charge in [0.1, 0.15) is 5.75 Å². The Balaban J connectivity index is 2.68. The molecule has 0 bridgehead atoms. The number of ether oxygens (including phenoxy) is 1. The van der Waals surface area contributed by atoms with Gasteiger partial charge in [0.15, 0.2) is 0 Å². The summed E-state index contributed by atoms with van der Waals surface area (Å²) in [6, 6.07) is 7.47. The summed E-state index contributed by atoms with van der Waals surface area (Å²) in [7, 11) is 0. The maximum Gasteiger partial charge on any atom is 0.241 e. The van der Waals surface area contributed by atoms with Crippen LogP contribution in [0, 0.1) is 0 Å². The lowest BCUT2D eigenvalue weighted by Gasteiger charge is -2.09. The highest BCUT2D eigenvalue weighted by atomic mass is 16.5. The first-order valence-electron chi connectivity index (χ1n) is 4.82. The van der Waals surface area contributed by atoms with Crippen molar-refractivity contribution >= 4 is 12.0 Å². The molecule has 2 N–H and O–H groups in total. The zero-order chi connectivity index (χ0) is 11.3. The number of hydrogen-bond donors (Lipinski definition) is 1. The molecular formula is C12H15NO2. The van der Waals surface area contributed by atoms with E-state index in [-0.39, 0.29) is 6.10 Å². The standard InChI is InChI=1S/C12H15NO2/c1-9(2)15-11-6-3-10(4-7-11)5-8-12(13)14/h3-9H,1-2H3,(H2,13,14)/b8-5-. The molecule has 0 heterocycles. The molecule has 0 aromatic heterocycles. The van der Waals surface area contributed by atoms with Gasteiger partial charge in [-0.05, 0) is 37.6 Å². The van der Waals surface area contributed by atoms with Crippen LogP contribution in [0.15, 0.2) is 30.3 Å². The van der Waals surface area contributed by atoms with Crippen LogP contribution in [-0.4, -0.2) is 12.0 Å². The fourth-order valence-electron chi connectivity index (χ4n) is 1.11. The summed E-state index contributed by atoms with van der Waals surface area (Å²) in [5.41, 5.74) is 5.91. The van der Waals surface area contributed by atoms with Gasteiger partial charge in [-0.25, -0.2) is 0 Å². The second kappa shape index (κ2) is 5.20. The quantitative estimate of drug-likeness (QED) is 0.764. The molecule has 3 nitrogen and oxygen atoms in total. The fraction of sp³-hybridized carbons (Fsp3) is 0.250. The lowest BCUT2D eigenvalue weighted by atomic mass is 10.2. The molecule has 0 unspecified atom stereocenters. The molecule has 0 aliphatic carbocycles. The Morgan fingerprint density at radius 2 is 1.93 bits per heavy atom. The third kappa shape index (κ3) is 4.31. The van der Waals surface area contributed by atoms with Crippen LogP contribution >= 0.6 is 0 Å². The number of carbonyl (C=O) groups is 1. The number of primary amides is 1. The van der Waals surface area contributed by atoms with Gasteiger partial charge in [0, 0.05) is 6.08 Å². The highest BCUT2D eigenvalue weighted by Crippen LogP contribution is 2.14. The van der Waals surface area contributed by atoms with Crippen LogP contribution in [-0.2, 0) is 4.79 Å². The van der Waals surface area contributed by atoms with Crippen molar-refractivity contribution in [3.8, 4) is 5.75 Å². The molecule has 1 aromatic carbocycles. The van der Waals surface area contributed by atoms with Crippen LogP contribution < -0.4 is 10.5 Å². The summed E-state index contributed by atoms with van der Waals surface area (Å²) >= 11 is 0. The zero-order valence-electron chi connectivity index (χ0n) is 8.94. The molecule has 1 amide bonds. The molecule has 0 radical (unpaired) electrons. The normalized spacial score (nSPS) is 10.9. The Hall–Kier alpha value is -1.77. The van der Waals surface area contributed by atoms with Crippen molar-refractivity contribution < 1.29 is 9.53 Å². The fourth-order valence-corrected chi connectivity index (χ4v) is 1.11. The first kappa shape index (κ1) is 11.3. The van der Waals surface area contributed by atoms with E-state index in [0.717, 1.165) is 11.3 Å². The molecule has 15 heavy (non-hydrogen) atoms. The highest BCUT2D eigenvalue weighted by molar-refractivity contribution is 5.90. The number of rotatable bonds is 4. The van der Waals surface area contributed by atoms with E-state index in [4.69, 9.17) is 10.5 Å². The monoisotopic (exact) mass is 205 g/mol. The van der Waals surface area contributed by atoms with Crippen molar-refractivity contribution in [3.63, 3.8) is 0 Å². The molecule has 0 aliphatic heterocycles. The van der Waals surface area contributed by atoms with Gasteiger partial charge in [0.25, 0.3) is 0 Å². The van der Waals surface area contributed by atoms with Crippen molar-refractivity contribution in [2.75, 3.05) is 0 Å². The van der Waals surface area contributed by atoms with E-state index in [0.29, 0.717) is 0 Å². The van der Waals surface area contributed by atoms with Crippen LogP contribution in [0.25, 0.3) is 6.08 Å². The Morgan fingerprint density at radius 1 is 1.33 bits per heavy atom. The van der Waals surface area contributed by atoms with E-state index < -0.39 is 5.91 Å². The molecule has 3 heteroatoms. The third-order valence-electron chi connectivity index (χ3n) is 1.69. The molecule has 1 aromatic rings. The summed E-state index contributed by atoms with van der Waals surface area (Å²) < 4.78 is 5.48. The molecule has 0 saturated heterocycles. The maximum absolute atomic E-state index is 10.5. The van der Waals surface area contributed by atoms with E-state index in [9.17, 15) is 4.79 Å². The van der Waals surface area contributed by atoms with Crippen LogP contribution in [0.4, 0.5) is 0 Å². The summed E-state index contributed by atoms with van der Waals surface area (Å²) in [5, 5.41) is 0. The predicted octanol–water partition coefficient (Wildman–Crippen LogP) is 1.97. The minimum absolute atomic E-state index is 0.164. The Morgan fingerprint density at radius 3 is 2.40 bits per heavy atom. The average molecular weight is 205 g/mol. The molecule has 0 spiro atoms. The second-order valence-electron chi connectivity index (χ2n) is 3.47. The van der Waals surface area contributed by atoms with Gasteiger partial charge >= 0.3 is 0 Å². The van der Waals surface area contributed by atoms with E-state index in [1.165, 1.54) is 6.08 Å². The van der Waals surface area contributed by atoms with Gasteiger partial charge in [0.2, 0.25) is 5.91 Å². The van der Waals surface area contributed by atoms with Gasteiger partial charge < -0.3 is 10.5 Å². The lowest BCUT2D eigenvalue weighted by molar-refractivity contribution is -0.113. The van der Waals surface area contributed by atoms with E-state index in [2.05, 4.69) is 0 Å². The van der Waals surface area contributed by atoms with Crippen LogP contribution in [0.3, 0.4) is 0 Å². The Kier molecular flexibility index (Phi) is 3.92. The Bertz CT molecular complexity index is 352. The zero-order valence-corrected chi connectivity index (χ0v) is 8.94. The maximum atomic E-state index is 10.5. The number of nitrogens with two attached hydrogens (primary N) is 1. The summed E-state index contributed by atoms with van der Waals surface area (Å²) in [6.07, 6.45) is 3.16. The van der Waals surface area contributed by atoms with Crippen LogP contribution in [0.1, 0.15) is 19.4 Å². The van der Waals surface area contributed by atoms with Gasteiger partial charge in [-0.1, -0.05) is 12.1 Å². The van der Waals surface area contributed by atoms with Crippen molar-refractivity contribution in [3.05, 3.63) is 35.9 Å². The van der Waals surface area contributed by atoms with Gasteiger partial charge in [-0.15, -0.1) is 0 Å². The van der Waals surface area contributed by atoms with Gasteiger partial charge in [-0.2, -0.15) is 0 Å². The first-order valence-corrected chi connectivity index (χ1v) is 4.82. The summed E-state index contributed by atoms with van der Waals surface area (Å²) in [6.45, 7) is 3.95. The average Bonchev–Trinajstić information content (AvgIpc) is 2.16. The van der Waals surface area contributed by atoms with E-state index in [1.807, 2.05) is 38.1 Å². The summed E-state index contributed by atoms with van der Waals surface area (Å²) in [5.74, 6) is 0.374. The SMILES string of the molecule is CC(C)Oc1ccc(/C=C\C(N)=O)cc1. The Labute approximate surface area is 89.5 Å². The molecule has 0 saturated carbocycles. The third-order valence-corrected chi connectivity index (χ3v) is 1.69. The largest absolute Gasteiger partial charge is 0.491 e. The number of amides is 1. The lowest BCUT2D eigenvalue weighted by Crippen LogP contribution is -2.05. The van der Waals surface area contributed by atoms with Crippen LogP contribution in [0.5, 0.6) is 5.75 Å². The summed E-state index contributed by atoms with van der Waals surface area (Å²) in [4.78, 5) is 10.5. The van der Waals surface area contributed by atoms with Crippen molar-refractivity contribution in [2.24, 2.45) is 5.73 Å². The van der Waals surface area contributed by atoms with E-state index >= 15 is 0 Å². The molecule has 0 atom stereocenters.